The van der Waals surface area contributed by atoms with Gasteiger partial charge < -0.3 is 9.67 Å². The Labute approximate surface area is 128 Å². The molecule has 0 bridgehead atoms. The van der Waals surface area contributed by atoms with Crippen molar-refractivity contribution < 1.29 is 5.11 Å². The maximum absolute atomic E-state index is 10.1. The van der Waals surface area contributed by atoms with Gasteiger partial charge in [-0.3, -0.25) is 0 Å². The number of fused-ring (bicyclic) bond motifs is 1. The summed E-state index contributed by atoms with van der Waals surface area (Å²) >= 11 is 0. The van der Waals surface area contributed by atoms with Crippen LogP contribution in [0.4, 0.5) is 0 Å². The Balaban J connectivity index is 2.09. The molecule has 0 spiro atoms. The Morgan fingerprint density at radius 2 is 1.95 bits per heavy atom. The van der Waals surface area contributed by atoms with Crippen LogP contribution in [0.25, 0.3) is 11.0 Å². The van der Waals surface area contributed by atoms with Crippen molar-refractivity contribution >= 4 is 11.0 Å². The summed E-state index contributed by atoms with van der Waals surface area (Å²) in [6.45, 7) is 9.47. The fourth-order valence-corrected chi connectivity index (χ4v) is 2.68. The summed E-state index contributed by atoms with van der Waals surface area (Å²) in [5.74, 6) is 1.15. The number of para-hydroxylation sites is 2. The van der Waals surface area contributed by atoms with Gasteiger partial charge in [-0.1, -0.05) is 39.8 Å². The zero-order valence-corrected chi connectivity index (χ0v) is 13.8. The number of hydrogen-bond donors (Lipinski definition) is 1. The minimum absolute atomic E-state index is 0.0381. The molecule has 3 heteroatoms. The summed E-state index contributed by atoms with van der Waals surface area (Å²) in [5.41, 5.74) is 2.27. The van der Waals surface area contributed by atoms with E-state index >= 15 is 0 Å². The molecule has 1 aromatic carbocycles. The maximum atomic E-state index is 10.1. The summed E-state index contributed by atoms with van der Waals surface area (Å²) in [4.78, 5) is 4.77. The van der Waals surface area contributed by atoms with Crippen LogP contribution in [0.5, 0.6) is 0 Å². The van der Waals surface area contributed by atoms with Gasteiger partial charge >= 0.3 is 0 Å². The highest BCUT2D eigenvalue weighted by Gasteiger charge is 2.21. The smallest absolute Gasteiger partial charge is 0.109 e. The molecular formula is C18H28N2O. The Morgan fingerprint density at radius 3 is 2.62 bits per heavy atom. The van der Waals surface area contributed by atoms with Crippen LogP contribution in [0.15, 0.2) is 24.3 Å². The summed E-state index contributed by atoms with van der Waals surface area (Å²) in [6, 6.07) is 8.34. The highest BCUT2D eigenvalue weighted by molar-refractivity contribution is 5.75. The van der Waals surface area contributed by atoms with E-state index in [-0.39, 0.29) is 11.5 Å². The molecule has 0 radical (unpaired) electrons. The molecule has 1 atom stereocenters. The molecule has 0 saturated carbocycles. The first-order chi connectivity index (χ1) is 9.93. The van der Waals surface area contributed by atoms with Crippen LogP contribution < -0.4 is 0 Å². The fraction of sp³-hybridized carbons (Fsp3) is 0.611. The lowest BCUT2D eigenvalue weighted by Crippen LogP contribution is -2.25. The third-order valence-corrected chi connectivity index (χ3v) is 4.06. The second kappa shape index (κ2) is 6.61. The second-order valence-corrected chi connectivity index (χ2v) is 6.94. The number of rotatable bonds is 6. The molecule has 116 valence electrons. The molecule has 1 aromatic heterocycles. The topological polar surface area (TPSA) is 38.0 Å². The molecular weight excluding hydrogens is 260 g/mol. The minimum Gasteiger partial charge on any atom is -0.393 e. The lowest BCUT2D eigenvalue weighted by molar-refractivity contribution is 0.0539. The highest BCUT2D eigenvalue weighted by atomic mass is 16.3. The molecule has 0 amide bonds. The molecule has 0 saturated heterocycles. The molecule has 1 heterocycles. The first-order valence-corrected chi connectivity index (χ1v) is 8.05. The molecule has 2 rings (SSSR count). The molecule has 1 N–H and O–H groups in total. The molecule has 0 aliphatic carbocycles. The van der Waals surface area contributed by atoms with Crippen LogP contribution in [0, 0.1) is 5.41 Å². The number of aliphatic hydroxyl groups excluding tert-OH is 1. The van der Waals surface area contributed by atoms with Gasteiger partial charge in [0.1, 0.15) is 5.82 Å². The van der Waals surface area contributed by atoms with Crippen molar-refractivity contribution in [2.75, 3.05) is 0 Å². The zero-order valence-electron chi connectivity index (χ0n) is 13.8. The van der Waals surface area contributed by atoms with Crippen LogP contribution in [0.2, 0.25) is 0 Å². The maximum Gasteiger partial charge on any atom is 0.109 e. The number of hydrogen-bond acceptors (Lipinski definition) is 2. The summed E-state index contributed by atoms with van der Waals surface area (Å²) < 4.78 is 2.33. The predicted octanol–water partition coefficient (Wildman–Crippen LogP) is 4.18. The third kappa shape index (κ3) is 3.85. The van der Waals surface area contributed by atoms with Crippen molar-refractivity contribution in [1.82, 2.24) is 9.55 Å². The quantitative estimate of drug-likeness (QED) is 0.866. The first kappa shape index (κ1) is 16.0. The van der Waals surface area contributed by atoms with Gasteiger partial charge in [0.25, 0.3) is 0 Å². The number of nitrogens with zero attached hydrogens (tertiary/aromatic N) is 2. The van der Waals surface area contributed by atoms with Gasteiger partial charge in [-0.15, -0.1) is 0 Å². The molecule has 1 unspecified atom stereocenters. The van der Waals surface area contributed by atoms with E-state index in [1.54, 1.807) is 0 Å². The van der Waals surface area contributed by atoms with Gasteiger partial charge in [0.2, 0.25) is 0 Å². The molecule has 0 aliphatic heterocycles. The van der Waals surface area contributed by atoms with E-state index in [0.29, 0.717) is 0 Å². The Hall–Kier alpha value is -1.35. The van der Waals surface area contributed by atoms with E-state index in [1.165, 1.54) is 5.52 Å². The summed E-state index contributed by atoms with van der Waals surface area (Å²) in [7, 11) is 0. The highest BCUT2D eigenvalue weighted by Crippen LogP contribution is 2.24. The lowest BCUT2D eigenvalue weighted by atomic mass is 9.86. The Kier molecular flexibility index (Phi) is 5.04. The number of aliphatic hydroxyl groups is 1. The van der Waals surface area contributed by atoms with Crippen molar-refractivity contribution in [2.45, 2.75) is 66.0 Å². The number of benzene rings is 1. The van der Waals surface area contributed by atoms with Gasteiger partial charge in [0.15, 0.2) is 0 Å². The Bertz CT molecular complexity index is 580. The molecule has 21 heavy (non-hydrogen) atoms. The van der Waals surface area contributed by atoms with E-state index in [2.05, 4.69) is 50.5 Å². The SMILES string of the molecule is CCCn1c(CCCC(O)C(C)(C)C)nc2ccccc21. The van der Waals surface area contributed by atoms with Crippen LogP contribution in [-0.2, 0) is 13.0 Å². The molecule has 2 aromatic rings. The van der Waals surface area contributed by atoms with E-state index in [0.717, 1.165) is 43.6 Å². The van der Waals surface area contributed by atoms with Crippen LogP contribution in [0.3, 0.4) is 0 Å². The van der Waals surface area contributed by atoms with E-state index in [9.17, 15) is 5.11 Å². The van der Waals surface area contributed by atoms with E-state index in [4.69, 9.17) is 4.98 Å². The summed E-state index contributed by atoms with van der Waals surface area (Å²) in [5, 5.41) is 10.1. The monoisotopic (exact) mass is 288 g/mol. The van der Waals surface area contributed by atoms with Gasteiger partial charge in [0.05, 0.1) is 17.1 Å². The zero-order chi connectivity index (χ0) is 15.5. The van der Waals surface area contributed by atoms with Gasteiger partial charge in [-0.2, -0.15) is 0 Å². The van der Waals surface area contributed by atoms with Gasteiger partial charge in [-0.05, 0) is 36.8 Å². The fourth-order valence-electron chi connectivity index (χ4n) is 2.68. The van der Waals surface area contributed by atoms with Crippen LogP contribution in [0.1, 0.15) is 52.8 Å². The predicted molar refractivity (Wildman–Crippen MR) is 88.4 cm³/mol. The minimum atomic E-state index is -0.249. The number of imidazole rings is 1. The van der Waals surface area contributed by atoms with Crippen LogP contribution in [-0.4, -0.2) is 20.8 Å². The van der Waals surface area contributed by atoms with Crippen molar-refractivity contribution in [3.05, 3.63) is 30.1 Å². The number of aromatic nitrogens is 2. The van der Waals surface area contributed by atoms with Crippen LogP contribution >= 0.6 is 0 Å². The second-order valence-electron chi connectivity index (χ2n) is 6.94. The number of aryl methyl sites for hydroxylation is 2. The van der Waals surface area contributed by atoms with Crippen molar-refractivity contribution in [3.8, 4) is 0 Å². The van der Waals surface area contributed by atoms with Crippen molar-refractivity contribution in [3.63, 3.8) is 0 Å². The van der Waals surface area contributed by atoms with Gasteiger partial charge in [-0.25, -0.2) is 4.98 Å². The van der Waals surface area contributed by atoms with Crippen molar-refractivity contribution in [2.24, 2.45) is 5.41 Å². The average Bonchev–Trinajstić information content (AvgIpc) is 2.76. The van der Waals surface area contributed by atoms with Crippen molar-refractivity contribution in [1.29, 1.82) is 0 Å². The summed E-state index contributed by atoms with van der Waals surface area (Å²) in [6.07, 6.45) is 3.60. The first-order valence-electron chi connectivity index (χ1n) is 8.05. The molecule has 3 nitrogen and oxygen atoms in total. The van der Waals surface area contributed by atoms with Gasteiger partial charge in [0, 0.05) is 13.0 Å². The largest absolute Gasteiger partial charge is 0.393 e. The average molecular weight is 288 g/mol. The standard InChI is InChI=1S/C18H28N2O/c1-5-13-20-15-10-7-6-9-14(15)19-17(20)12-8-11-16(21)18(2,3)4/h6-7,9-10,16,21H,5,8,11-13H2,1-4H3. The Morgan fingerprint density at radius 1 is 1.24 bits per heavy atom. The molecule has 0 aliphatic rings. The third-order valence-electron chi connectivity index (χ3n) is 4.06. The normalized spacial score (nSPS) is 13.8. The lowest BCUT2D eigenvalue weighted by Gasteiger charge is -2.25. The van der Waals surface area contributed by atoms with E-state index in [1.807, 2.05) is 6.07 Å². The van der Waals surface area contributed by atoms with E-state index < -0.39 is 0 Å². The molecule has 0 fully saturated rings.